The van der Waals surface area contributed by atoms with E-state index < -0.39 is 0 Å². The van der Waals surface area contributed by atoms with Gasteiger partial charge in [-0.1, -0.05) is 5.16 Å². The molecule has 0 radical (unpaired) electrons. The van der Waals surface area contributed by atoms with Crippen LogP contribution in [-0.4, -0.2) is 65.9 Å². The van der Waals surface area contributed by atoms with E-state index >= 15 is 0 Å². The molecule has 20 heavy (non-hydrogen) atoms. The van der Waals surface area contributed by atoms with Crippen molar-refractivity contribution in [3.05, 3.63) is 11.7 Å². The molecule has 2 atom stereocenters. The topological polar surface area (TPSA) is 54.6 Å². The zero-order chi connectivity index (χ0) is 13.9. The van der Waals surface area contributed by atoms with Crippen molar-refractivity contribution < 1.29 is 9.26 Å². The molecule has 0 saturated carbocycles. The van der Waals surface area contributed by atoms with Crippen LogP contribution in [0.3, 0.4) is 0 Å². The van der Waals surface area contributed by atoms with Crippen LogP contribution in [0.25, 0.3) is 0 Å². The second kappa shape index (κ2) is 6.20. The monoisotopic (exact) mass is 280 g/mol. The molecular weight excluding hydrogens is 256 g/mol. The Bertz CT molecular complexity index is 431. The number of hydrogen-bond acceptors (Lipinski definition) is 6. The second-order valence-electron chi connectivity index (χ2n) is 5.92. The van der Waals surface area contributed by atoms with E-state index in [9.17, 15) is 0 Å². The minimum absolute atomic E-state index is 0.202. The molecule has 6 nitrogen and oxygen atoms in total. The Kier molecular flexibility index (Phi) is 4.33. The molecule has 0 unspecified atom stereocenters. The Morgan fingerprint density at radius 1 is 1.30 bits per heavy atom. The molecule has 0 aromatic carbocycles. The molecule has 2 aliphatic heterocycles. The molecule has 0 N–H and O–H groups in total. The first-order valence-electron chi connectivity index (χ1n) is 7.57. The summed E-state index contributed by atoms with van der Waals surface area (Å²) in [5, 5.41) is 3.91. The lowest BCUT2D eigenvalue weighted by Crippen LogP contribution is -2.49. The lowest BCUT2D eigenvalue weighted by Gasteiger charge is -2.39. The average molecular weight is 280 g/mol. The molecule has 1 aromatic heterocycles. The van der Waals surface area contributed by atoms with Gasteiger partial charge in [0.05, 0.1) is 6.10 Å². The fourth-order valence-corrected chi connectivity index (χ4v) is 3.05. The highest BCUT2D eigenvalue weighted by molar-refractivity contribution is 4.96. The number of rotatable bonds is 3. The number of ether oxygens (including phenoxy) is 1. The van der Waals surface area contributed by atoms with Crippen molar-refractivity contribution in [2.24, 2.45) is 0 Å². The van der Waals surface area contributed by atoms with Gasteiger partial charge in [-0.3, -0.25) is 9.80 Å². The Morgan fingerprint density at radius 2 is 2.20 bits per heavy atom. The van der Waals surface area contributed by atoms with Crippen LogP contribution < -0.4 is 0 Å². The summed E-state index contributed by atoms with van der Waals surface area (Å²) in [5.74, 6) is 1.44. The van der Waals surface area contributed by atoms with Crippen molar-refractivity contribution >= 4 is 0 Å². The van der Waals surface area contributed by atoms with E-state index in [-0.39, 0.29) is 6.04 Å². The SMILES string of the molecule is Cc1noc([C@@H]2CN(C[C@@H]3CCCCO3)CCN2C)n1. The van der Waals surface area contributed by atoms with Gasteiger partial charge in [-0.2, -0.15) is 4.98 Å². The van der Waals surface area contributed by atoms with Gasteiger partial charge in [-0.15, -0.1) is 0 Å². The van der Waals surface area contributed by atoms with Gasteiger partial charge in [0.25, 0.3) is 0 Å². The van der Waals surface area contributed by atoms with Crippen molar-refractivity contribution in [1.82, 2.24) is 19.9 Å². The second-order valence-corrected chi connectivity index (χ2v) is 5.92. The van der Waals surface area contributed by atoms with Crippen LogP contribution in [0.15, 0.2) is 4.52 Å². The molecule has 0 aliphatic carbocycles. The first kappa shape index (κ1) is 14.0. The van der Waals surface area contributed by atoms with Gasteiger partial charge in [0.15, 0.2) is 5.82 Å². The van der Waals surface area contributed by atoms with Gasteiger partial charge in [-0.05, 0) is 33.2 Å². The van der Waals surface area contributed by atoms with Gasteiger partial charge in [0.1, 0.15) is 6.04 Å². The number of aryl methyl sites for hydroxylation is 1. The summed E-state index contributed by atoms with van der Waals surface area (Å²) >= 11 is 0. The Labute approximate surface area is 120 Å². The lowest BCUT2D eigenvalue weighted by atomic mass is 10.1. The standard InChI is InChI=1S/C14H24N4O2/c1-11-15-14(20-16-11)13-10-18(7-6-17(13)2)9-12-5-3-4-8-19-12/h12-13H,3-10H2,1-2H3/t12-,13-/m0/s1. The van der Waals surface area contributed by atoms with E-state index in [1.807, 2.05) is 6.92 Å². The van der Waals surface area contributed by atoms with Crippen LogP contribution >= 0.6 is 0 Å². The van der Waals surface area contributed by atoms with E-state index in [4.69, 9.17) is 9.26 Å². The maximum absolute atomic E-state index is 5.85. The summed E-state index contributed by atoms with van der Waals surface area (Å²) < 4.78 is 11.2. The molecule has 3 heterocycles. The van der Waals surface area contributed by atoms with Gasteiger partial charge in [0.2, 0.25) is 5.89 Å². The molecule has 112 valence electrons. The summed E-state index contributed by atoms with van der Waals surface area (Å²) in [6.07, 6.45) is 4.10. The highest BCUT2D eigenvalue weighted by atomic mass is 16.5. The summed E-state index contributed by atoms with van der Waals surface area (Å²) in [6.45, 7) is 6.86. The van der Waals surface area contributed by atoms with Gasteiger partial charge < -0.3 is 9.26 Å². The third kappa shape index (κ3) is 3.19. The predicted octanol–water partition coefficient (Wildman–Crippen LogP) is 1.24. The quantitative estimate of drug-likeness (QED) is 0.830. The van der Waals surface area contributed by atoms with Crippen molar-refractivity contribution in [2.75, 3.05) is 39.8 Å². The van der Waals surface area contributed by atoms with Crippen LogP contribution in [0.5, 0.6) is 0 Å². The molecule has 6 heteroatoms. The van der Waals surface area contributed by atoms with Gasteiger partial charge in [-0.25, -0.2) is 0 Å². The molecule has 2 saturated heterocycles. The Morgan fingerprint density at radius 3 is 2.90 bits per heavy atom. The number of nitrogens with zero attached hydrogens (tertiary/aromatic N) is 4. The van der Waals surface area contributed by atoms with E-state index in [1.165, 1.54) is 19.3 Å². The average Bonchev–Trinajstić information content (AvgIpc) is 2.89. The van der Waals surface area contributed by atoms with E-state index in [0.29, 0.717) is 11.9 Å². The molecule has 3 rings (SSSR count). The largest absolute Gasteiger partial charge is 0.377 e. The van der Waals surface area contributed by atoms with E-state index in [1.54, 1.807) is 0 Å². The Hall–Kier alpha value is -0.980. The summed E-state index contributed by atoms with van der Waals surface area (Å²) in [6, 6.07) is 0.202. The maximum Gasteiger partial charge on any atom is 0.245 e. The van der Waals surface area contributed by atoms with Gasteiger partial charge >= 0.3 is 0 Å². The first-order chi connectivity index (χ1) is 9.72. The van der Waals surface area contributed by atoms with Gasteiger partial charge in [0, 0.05) is 32.8 Å². The Balaban J connectivity index is 1.60. The molecule has 0 amide bonds. The molecule has 2 aliphatic rings. The van der Waals surface area contributed by atoms with Crippen molar-refractivity contribution in [1.29, 1.82) is 0 Å². The van der Waals surface area contributed by atoms with Crippen LogP contribution in [0, 0.1) is 6.92 Å². The minimum atomic E-state index is 0.202. The van der Waals surface area contributed by atoms with E-state index in [0.717, 1.165) is 38.7 Å². The highest BCUT2D eigenvalue weighted by Crippen LogP contribution is 2.24. The third-order valence-corrected chi connectivity index (χ3v) is 4.30. The summed E-state index contributed by atoms with van der Waals surface area (Å²) in [7, 11) is 2.12. The smallest absolute Gasteiger partial charge is 0.245 e. The minimum Gasteiger partial charge on any atom is -0.377 e. The zero-order valence-electron chi connectivity index (χ0n) is 12.4. The van der Waals surface area contributed by atoms with Crippen molar-refractivity contribution in [2.45, 2.75) is 38.3 Å². The molecule has 0 spiro atoms. The first-order valence-corrected chi connectivity index (χ1v) is 7.57. The van der Waals surface area contributed by atoms with Crippen molar-refractivity contribution in [3.8, 4) is 0 Å². The van der Waals surface area contributed by atoms with Crippen LogP contribution in [0.4, 0.5) is 0 Å². The summed E-state index contributed by atoms with van der Waals surface area (Å²) in [5.41, 5.74) is 0. The molecule has 0 bridgehead atoms. The molecule has 1 aromatic rings. The number of aromatic nitrogens is 2. The normalized spacial score (nSPS) is 29.7. The van der Waals surface area contributed by atoms with E-state index in [2.05, 4.69) is 27.0 Å². The number of hydrogen-bond donors (Lipinski definition) is 0. The molecular formula is C14H24N4O2. The molecule has 2 fully saturated rings. The lowest BCUT2D eigenvalue weighted by molar-refractivity contribution is -0.0225. The number of likely N-dealkylation sites (N-methyl/N-ethyl adjacent to an activating group) is 1. The highest BCUT2D eigenvalue weighted by Gasteiger charge is 2.31. The van der Waals surface area contributed by atoms with Crippen LogP contribution in [0.1, 0.15) is 37.0 Å². The fourth-order valence-electron chi connectivity index (χ4n) is 3.05. The number of piperazine rings is 1. The van der Waals surface area contributed by atoms with Crippen molar-refractivity contribution in [3.63, 3.8) is 0 Å². The fraction of sp³-hybridized carbons (Fsp3) is 0.857. The van der Waals surface area contributed by atoms with Crippen LogP contribution in [-0.2, 0) is 4.74 Å². The summed E-state index contributed by atoms with van der Waals surface area (Å²) in [4.78, 5) is 9.16. The maximum atomic E-state index is 5.85. The zero-order valence-corrected chi connectivity index (χ0v) is 12.4. The predicted molar refractivity (Wildman–Crippen MR) is 74.4 cm³/mol. The third-order valence-electron chi connectivity index (χ3n) is 4.30. The van der Waals surface area contributed by atoms with Crippen LogP contribution in [0.2, 0.25) is 0 Å².